The molecule has 8 heteroatoms. The van der Waals surface area contributed by atoms with E-state index in [0.717, 1.165) is 6.42 Å². The Balaban J connectivity index is 1.75. The Bertz CT molecular complexity index is 683. The molecule has 1 fully saturated rings. The molecule has 0 aromatic carbocycles. The van der Waals surface area contributed by atoms with Gasteiger partial charge in [0.1, 0.15) is 12.2 Å². The second-order valence-electron chi connectivity index (χ2n) is 5.70. The molecule has 1 saturated heterocycles. The van der Waals surface area contributed by atoms with Crippen LogP contribution in [0.3, 0.4) is 0 Å². The Morgan fingerprint density at radius 3 is 3.05 bits per heavy atom. The van der Waals surface area contributed by atoms with Crippen molar-refractivity contribution in [2.75, 3.05) is 13.1 Å². The summed E-state index contributed by atoms with van der Waals surface area (Å²) in [5.74, 6) is 0.466. The fourth-order valence-corrected chi connectivity index (χ4v) is 3.00. The molecule has 0 spiro atoms. The van der Waals surface area contributed by atoms with E-state index in [4.69, 9.17) is 16.0 Å². The van der Waals surface area contributed by atoms with Crippen molar-refractivity contribution in [3.63, 3.8) is 0 Å². The second kappa shape index (κ2) is 5.73. The standard InChI is InChI=1S/C14H17ClN4O3/c1-18-9-16-17-11(18)7-14(21)4-2-5-19(8-14)13(20)10-3-6-22-12(10)15/h3,6,9,21H,2,4-5,7-8H2,1H3. The van der Waals surface area contributed by atoms with Crippen LogP contribution in [0.5, 0.6) is 0 Å². The van der Waals surface area contributed by atoms with Crippen LogP contribution in [0, 0.1) is 0 Å². The summed E-state index contributed by atoms with van der Waals surface area (Å²) in [5.41, 5.74) is -0.685. The fraction of sp³-hybridized carbons (Fsp3) is 0.500. The average molecular weight is 325 g/mol. The number of rotatable bonds is 3. The predicted octanol–water partition coefficient (Wildman–Crippen LogP) is 1.27. The largest absolute Gasteiger partial charge is 0.452 e. The van der Waals surface area contributed by atoms with Crippen molar-refractivity contribution in [2.24, 2.45) is 7.05 Å². The lowest BCUT2D eigenvalue weighted by Crippen LogP contribution is -2.51. The molecule has 1 unspecified atom stereocenters. The summed E-state index contributed by atoms with van der Waals surface area (Å²) < 4.78 is 6.73. The Hall–Kier alpha value is -1.86. The molecule has 1 N–H and O–H groups in total. The number of likely N-dealkylation sites (tertiary alicyclic amines) is 1. The summed E-state index contributed by atoms with van der Waals surface area (Å²) in [6.07, 6.45) is 4.66. The zero-order valence-electron chi connectivity index (χ0n) is 12.2. The van der Waals surface area contributed by atoms with Gasteiger partial charge in [-0.15, -0.1) is 10.2 Å². The maximum atomic E-state index is 12.5. The van der Waals surface area contributed by atoms with Gasteiger partial charge in [0.2, 0.25) is 5.22 Å². The van der Waals surface area contributed by atoms with Gasteiger partial charge in [0.25, 0.3) is 5.91 Å². The predicted molar refractivity (Wildman–Crippen MR) is 78.5 cm³/mol. The van der Waals surface area contributed by atoms with Gasteiger partial charge in [-0.05, 0) is 30.5 Å². The third-order valence-electron chi connectivity index (χ3n) is 3.98. The van der Waals surface area contributed by atoms with Gasteiger partial charge in [0.15, 0.2) is 0 Å². The van der Waals surface area contributed by atoms with Crippen LogP contribution in [0.25, 0.3) is 0 Å². The van der Waals surface area contributed by atoms with Gasteiger partial charge >= 0.3 is 0 Å². The number of amides is 1. The van der Waals surface area contributed by atoms with Crippen LogP contribution in [0.15, 0.2) is 23.1 Å². The minimum Gasteiger partial charge on any atom is -0.452 e. The Morgan fingerprint density at radius 2 is 2.41 bits per heavy atom. The van der Waals surface area contributed by atoms with Crippen LogP contribution in [0.2, 0.25) is 5.22 Å². The smallest absolute Gasteiger partial charge is 0.258 e. The van der Waals surface area contributed by atoms with Gasteiger partial charge in [0, 0.05) is 20.0 Å². The quantitative estimate of drug-likeness (QED) is 0.919. The van der Waals surface area contributed by atoms with E-state index < -0.39 is 5.60 Å². The first-order valence-electron chi connectivity index (χ1n) is 7.06. The van der Waals surface area contributed by atoms with Gasteiger partial charge in [-0.2, -0.15) is 0 Å². The normalized spacial score (nSPS) is 22.0. The number of nitrogens with zero attached hydrogens (tertiary/aromatic N) is 4. The summed E-state index contributed by atoms with van der Waals surface area (Å²) in [7, 11) is 1.83. The lowest BCUT2D eigenvalue weighted by molar-refractivity contribution is -0.0258. The van der Waals surface area contributed by atoms with E-state index in [-0.39, 0.29) is 17.7 Å². The van der Waals surface area contributed by atoms with Gasteiger partial charge in [-0.3, -0.25) is 4.79 Å². The van der Waals surface area contributed by atoms with Crippen molar-refractivity contribution in [1.82, 2.24) is 19.7 Å². The molecule has 0 saturated carbocycles. The summed E-state index contributed by atoms with van der Waals surface area (Å²) in [5, 5.41) is 18.7. The van der Waals surface area contributed by atoms with Crippen LogP contribution in [-0.2, 0) is 13.5 Å². The highest BCUT2D eigenvalue weighted by Gasteiger charge is 2.37. The summed E-state index contributed by atoms with van der Waals surface area (Å²) in [6.45, 7) is 0.821. The molecule has 1 atom stereocenters. The van der Waals surface area contributed by atoms with E-state index in [1.807, 2.05) is 7.05 Å². The molecular formula is C14H17ClN4O3. The minimum atomic E-state index is -1.01. The van der Waals surface area contributed by atoms with Crippen molar-refractivity contribution >= 4 is 17.5 Å². The maximum Gasteiger partial charge on any atom is 0.258 e. The SMILES string of the molecule is Cn1cnnc1CC1(O)CCCN(C(=O)c2ccoc2Cl)C1. The molecule has 0 aliphatic carbocycles. The van der Waals surface area contributed by atoms with E-state index in [1.54, 1.807) is 21.9 Å². The topological polar surface area (TPSA) is 84.4 Å². The number of carbonyl (C=O) groups excluding carboxylic acids is 1. The summed E-state index contributed by atoms with van der Waals surface area (Å²) in [6, 6.07) is 1.54. The van der Waals surface area contributed by atoms with E-state index in [0.29, 0.717) is 30.8 Å². The average Bonchev–Trinajstić information content (AvgIpc) is 3.07. The van der Waals surface area contributed by atoms with Crippen molar-refractivity contribution in [3.8, 4) is 0 Å². The van der Waals surface area contributed by atoms with Crippen molar-refractivity contribution < 1.29 is 14.3 Å². The van der Waals surface area contributed by atoms with Crippen LogP contribution in [0.4, 0.5) is 0 Å². The van der Waals surface area contributed by atoms with Crippen LogP contribution >= 0.6 is 11.6 Å². The van der Waals surface area contributed by atoms with Gasteiger partial charge in [-0.25, -0.2) is 0 Å². The highest BCUT2D eigenvalue weighted by Crippen LogP contribution is 2.27. The highest BCUT2D eigenvalue weighted by atomic mass is 35.5. The first kappa shape index (κ1) is 15.1. The van der Waals surface area contributed by atoms with Gasteiger partial charge in [-0.1, -0.05) is 0 Å². The highest BCUT2D eigenvalue weighted by molar-refractivity contribution is 6.32. The van der Waals surface area contributed by atoms with Crippen molar-refractivity contribution in [2.45, 2.75) is 24.9 Å². The molecule has 1 aliphatic rings. The molecular weight excluding hydrogens is 308 g/mol. The van der Waals surface area contributed by atoms with E-state index in [9.17, 15) is 9.90 Å². The molecule has 22 heavy (non-hydrogen) atoms. The molecule has 0 bridgehead atoms. The zero-order valence-corrected chi connectivity index (χ0v) is 13.0. The van der Waals surface area contributed by atoms with Crippen molar-refractivity contribution in [1.29, 1.82) is 0 Å². The Morgan fingerprint density at radius 1 is 1.59 bits per heavy atom. The monoisotopic (exact) mass is 324 g/mol. The third kappa shape index (κ3) is 2.86. The number of aromatic nitrogens is 3. The van der Waals surface area contributed by atoms with E-state index in [1.165, 1.54) is 6.26 Å². The maximum absolute atomic E-state index is 12.5. The number of hydrogen-bond donors (Lipinski definition) is 1. The van der Waals surface area contributed by atoms with Crippen LogP contribution in [0.1, 0.15) is 29.0 Å². The molecule has 3 heterocycles. The molecule has 0 radical (unpaired) electrons. The third-order valence-corrected chi connectivity index (χ3v) is 4.28. The van der Waals surface area contributed by atoms with Gasteiger partial charge in [0.05, 0.1) is 24.0 Å². The first-order valence-corrected chi connectivity index (χ1v) is 7.44. The van der Waals surface area contributed by atoms with Crippen LogP contribution < -0.4 is 0 Å². The number of aryl methyl sites for hydroxylation is 1. The summed E-state index contributed by atoms with van der Waals surface area (Å²) >= 11 is 5.86. The second-order valence-corrected chi connectivity index (χ2v) is 6.04. The minimum absolute atomic E-state index is 0.0763. The number of furan rings is 1. The number of β-amino-alcohol motifs (C(OH)–C–C–N with tert-alkyl or cyclic N) is 1. The molecule has 118 valence electrons. The zero-order chi connectivity index (χ0) is 15.7. The van der Waals surface area contributed by atoms with Crippen molar-refractivity contribution in [3.05, 3.63) is 35.3 Å². The molecule has 3 rings (SSSR count). The number of hydrogen-bond acceptors (Lipinski definition) is 5. The molecule has 1 amide bonds. The van der Waals surface area contributed by atoms with Crippen LogP contribution in [-0.4, -0.2) is 49.4 Å². The summed E-state index contributed by atoms with van der Waals surface area (Å²) in [4.78, 5) is 14.1. The fourth-order valence-electron chi connectivity index (χ4n) is 2.81. The van der Waals surface area contributed by atoms with E-state index >= 15 is 0 Å². The number of aliphatic hydroxyl groups is 1. The number of piperidine rings is 1. The van der Waals surface area contributed by atoms with Gasteiger partial charge < -0.3 is 19.0 Å². The Kier molecular flexibility index (Phi) is 3.92. The lowest BCUT2D eigenvalue weighted by atomic mass is 9.89. The molecule has 2 aromatic heterocycles. The molecule has 2 aromatic rings. The van der Waals surface area contributed by atoms with E-state index in [2.05, 4.69) is 10.2 Å². The number of halogens is 1. The Labute approximate surface area is 132 Å². The molecule has 7 nitrogen and oxygen atoms in total. The lowest BCUT2D eigenvalue weighted by Gasteiger charge is -2.38. The molecule has 1 aliphatic heterocycles. The number of carbonyl (C=O) groups is 1. The first-order chi connectivity index (χ1) is 10.5.